The van der Waals surface area contributed by atoms with Crippen LogP contribution in [0.4, 0.5) is 5.82 Å². The highest BCUT2D eigenvalue weighted by Crippen LogP contribution is 2.34. The second kappa shape index (κ2) is 7.20. The van der Waals surface area contributed by atoms with Gasteiger partial charge in [0.15, 0.2) is 0 Å². The molecule has 0 bridgehead atoms. The molecule has 0 amide bonds. The zero-order valence-corrected chi connectivity index (χ0v) is 18.5. The molecule has 1 aliphatic rings. The summed E-state index contributed by atoms with van der Waals surface area (Å²) in [6.07, 6.45) is 14.5. The lowest BCUT2D eigenvalue weighted by Gasteiger charge is -2.11. The highest BCUT2D eigenvalue weighted by atomic mass is 79.9. The van der Waals surface area contributed by atoms with Gasteiger partial charge in [0, 0.05) is 24.0 Å². The summed E-state index contributed by atoms with van der Waals surface area (Å²) in [5.41, 5.74) is 11.7. The molecule has 4 heterocycles. The van der Waals surface area contributed by atoms with Crippen molar-refractivity contribution in [2.75, 3.05) is 5.73 Å². The molecule has 2 N–H and O–H groups in total. The highest BCUT2D eigenvalue weighted by molar-refractivity contribution is 9.10. The molecule has 6 rings (SSSR count). The maximum absolute atomic E-state index is 5.96. The fraction of sp³-hybridized carbons (Fsp3) is 0.208. The Bertz CT molecular complexity index is 1480. The van der Waals surface area contributed by atoms with Crippen molar-refractivity contribution in [2.45, 2.75) is 31.7 Å². The third-order valence-electron chi connectivity index (χ3n) is 6.25. The number of aryl methyl sites for hydroxylation is 1. The number of hydrogen-bond acceptors (Lipinski definition) is 4. The lowest BCUT2D eigenvalue weighted by molar-refractivity contribution is 0.603. The van der Waals surface area contributed by atoms with Gasteiger partial charge in [0.05, 0.1) is 21.4 Å². The van der Waals surface area contributed by atoms with E-state index in [1.807, 2.05) is 29.2 Å². The summed E-state index contributed by atoms with van der Waals surface area (Å²) in [5.74, 6) is 0.533. The Balaban J connectivity index is 1.22. The van der Waals surface area contributed by atoms with Gasteiger partial charge in [-0.15, -0.1) is 0 Å². The molecule has 31 heavy (non-hydrogen) atoms. The molecule has 0 fully saturated rings. The van der Waals surface area contributed by atoms with Crippen LogP contribution in [-0.2, 0) is 6.42 Å². The van der Waals surface area contributed by atoms with Gasteiger partial charge in [0.2, 0.25) is 0 Å². The summed E-state index contributed by atoms with van der Waals surface area (Å²) in [4.78, 5) is 13.7. The third-order valence-corrected chi connectivity index (χ3v) is 6.88. The molecule has 0 spiro atoms. The Hall–Kier alpha value is -3.19. The van der Waals surface area contributed by atoms with E-state index in [2.05, 4.69) is 72.0 Å². The van der Waals surface area contributed by atoms with Crippen LogP contribution in [0, 0.1) is 0 Å². The van der Waals surface area contributed by atoms with Crippen LogP contribution < -0.4 is 5.73 Å². The molecule has 0 saturated heterocycles. The summed E-state index contributed by atoms with van der Waals surface area (Å²) >= 11 is 3.45. The first-order valence-electron chi connectivity index (χ1n) is 10.5. The highest BCUT2D eigenvalue weighted by Gasteiger charge is 2.20. The Morgan fingerprint density at radius 3 is 2.94 bits per heavy atom. The van der Waals surface area contributed by atoms with Crippen LogP contribution in [0.5, 0.6) is 0 Å². The van der Waals surface area contributed by atoms with E-state index in [-0.39, 0.29) is 0 Å². The van der Waals surface area contributed by atoms with E-state index in [1.165, 1.54) is 11.1 Å². The normalized spacial score (nSPS) is 16.5. The van der Waals surface area contributed by atoms with Gasteiger partial charge >= 0.3 is 0 Å². The van der Waals surface area contributed by atoms with Crippen molar-refractivity contribution in [3.8, 4) is 0 Å². The van der Waals surface area contributed by atoms with Gasteiger partial charge in [0.25, 0.3) is 0 Å². The fourth-order valence-electron chi connectivity index (χ4n) is 4.61. The van der Waals surface area contributed by atoms with E-state index < -0.39 is 0 Å². The first-order valence-corrected chi connectivity index (χ1v) is 11.3. The number of hydrogen-bond donors (Lipinski definition) is 1. The van der Waals surface area contributed by atoms with Crippen molar-refractivity contribution in [1.82, 2.24) is 23.9 Å². The molecular formula is C24H21BrN6. The van der Waals surface area contributed by atoms with Gasteiger partial charge < -0.3 is 10.3 Å². The second-order valence-electron chi connectivity index (χ2n) is 8.18. The van der Waals surface area contributed by atoms with Gasteiger partial charge in [-0.05, 0) is 65.4 Å². The number of halogens is 1. The molecule has 4 aromatic heterocycles. The van der Waals surface area contributed by atoms with Crippen molar-refractivity contribution < 1.29 is 0 Å². The molecule has 7 heteroatoms. The Morgan fingerprint density at radius 2 is 2.00 bits per heavy atom. The Kier molecular flexibility index (Phi) is 4.31. The maximum Gasteiger partial charge on any atom is 0.148 e. The number of anilines is 1. The van der Waals surface area contributed by atoms with Crippen molar-refractivity contribution in [1.29, 1.82) is 0 Å². The van der Waals surface area contributed by atoms with Crippen LogP contribution in [0.25, 0.3) is 27.6 Å². The number of nitrogen functional groups attached to an aromatic ring is 1. The van der Waals surface area contributed by atoms with E-state index in [4.69, 9.17) is 5.73 Å². The largest absolute Gasteiger partial charge is 0.383 e. The van der Waals surface area contributed by atoms with Gasteiger partial charge in [-0.3, -0.25) is 4.40 Å². The Morgan fingerprint density at radius 1 is 1.06 bits per heavy atom. The first kappa shape index (κ1) is 18.6. The van der Waals surface area contributed by atoms with Crippen LogP contribution in [0.2, 0.25) is 0 Å². The molecule has 1 atom stereocenters. The number of imidazole rings is 1. The molecule has 154 valence electrons. The van der Waals surface area contributed by atoms with Crippen LogP contribution >= 0.6 is 15.9 Å². The number of fused-ring (bicyclic) bond motifs is 4. The van der Waals surface area contributed by atoms with E-state index >= 15 is 0 Å². The lowest BCUT2D eigenvalue weighted by atomic mass is 10.0. The summed E-state index contributed by atoms with van der Waals surface area (Å²) in [6.45, 7) is 0. The van der Waals surface area contributed by atoms with Crippen LogP contribution in [0.15, 0.2) is 71.4 Å². The number of rotatable bonds is 4. The summed E-state index contributed by atoms with van der Waals surface area (Å²) in [6, 6.07) is 11.0. The van der Waals surface area contributed by atoms with Gasteiger partial charge in [-0.2, -0.15) is 0 Å². The smallest absolute Gasteiger partial charge is 0.148 e. The predicted molar refractivity (Wildman–Crippen MR) is 127 cm³/mol. The van der Waals surface area contributed by atoms with Gasteiger partial charge in [0.1, 0.15) is 23.4 Å². The molecular weight excluding hydrogens is 452 g/mol. The molecule has 1 aromatic carbocycles. The zero-order chi connectivity index (χ0) is 20.9. The van der Waals surface area contributed by atoms with E-state index in [9.17, 15) is 0 Å². The number of nitrogens with zero attached hydrogens (tertiary/aromatic N) is 5. The van der Waals surface area contributed by atoms with Crippen LogP contribution in [0.1, 0.15) is 30.9 Å². The average molecular weight is 473 g/mol. The van der Waals surface area contributed by atoms with E-state index in [0.717, 1.165) is 57.7 Å². The zero-order valence-electron chi connectivity index (χ0n) is 16.9. The van der Waals surface area contributed by atoms with Crippen LogP contribution in [-0.4, -0.2) is 23.9 Å². The molecule has 1 unspecified atom stereocenters. The van der Waals surface area contributed by atoms with Crippen LogP contribution in [0.3, 0.4) is 0 Å². The number of benzene rings is 1. The van der Waals surface area contributed by atoms with E-state index in [0.29, 0.717) is 11.9 Å². The fourth-order valence-corrected chi connectivity index (χ4v) is 4.95. The van der Waals surface area contributed by atoms with Gasteiger partial charge in [-0.1, -0.05) is 23.8 Å². The summed E-state index contributed by atoms with van der Waals surface area (Å²) in [5, 5.41) is 2.20. The second-order valence-corrected chi connectivity index (χ2v) is 9.03. The van der Waals surface area contributed by atoms with Crippen molar-refractivity contribution in [2.24, 2.45) is 0 Å². The quantitative estimate of drug-likeness (QED) is 0.351. The minimum absolute atomic E-state index is 0.354. The molecule has 0 radical (unpaired) electrons. The van der Waals surface area contributed by atoms with Crippen molar-refractivity contribution in [3.05, 3.63) is 76.9 Å². The topological polar surface area (TPSA) is 74.0 Å². The van der Waals surface area contributed by atoms with Crippen molar-refractivity contribution >= 4 is 49.3 Å². The SMILES string of the molecule is Nc1nc2cc(CCC3=CC(n4ccc5c4ncn4ccnc54)CC3)ccc2cc1Br. The maximum atomic E-state index is 5.96. The lowest BCUT2D eigenvalue weighted by Crippen LogP contribution is -2.03. The molecule has 5 aromatic rings. The minimum Gasteiger partial charge on any atom is -0.383 e. The molecule has 0 saturated carbocycles. The summed E-state index contributed by atoms with van der Waals surface area (Å²) in [7, 11) is 0. The number of pyridine rings is 1. The number of allylic oxidation sites excluding steroid dienone is 2. The monoisotopic (exact) mass is 472 g/mol. The van der Waals surface area contributed by atoms with Gasteiger partial charge in [-0.25, -0.2) is 15.0 Å². The predicted octanol–water partition coefficient (Wildman–Crippen LogP) is 5.47. The Labute approximate surface area is 187 Å². The molecule has 1 aliphatic carbocycles. The van der Waals surface area contributed by atoms with E-state index in [1.54, 1.807) is 0 Å². The number of nitrogens with two attached hydrogens (primary N) is 1. The molecule has 6 nitrogen and oxygen atoms in total. The third kappa shape index (κ3) is 3.20. The standard InChI is InChI=1S/C24H21BrN6/c25-20-13-17-5-3-16(12-21(17)29-22(20)26)2-1-15-4-6-18(11-15)31-9-7-19-23-27-8-10-30(23)14-28-24(19)31/h3,5,7-14,18H,1-2,4,6H2,(H2,26,29). The average Bonchev–Trinajstić information content (AvgIpc) is 3.51. The molecule has 0 aliphatic heterocycles. The minimum atomic E-state index is 0.354. The first-order chi connectivity index (χ1) is 15.2. The van der Waals surface area contributed by atoms with Crippen molar-refractivity contribution in [3.63, 3.8) is 0 Å². The number of aromatic nitrogens is 5. The summed E-state index contributed by atoms with van der Waals surface area (Å²) < 4.78 is 5.10.